The lowest BCUT2D eigenvalue weighted by Gasteiger charge is -2.30. The first-order valence-electron chi connectivity index (χ1n) is 12.3. The number of likely N-dealkylation sites (tertiary alicyclic amines) is 1. The molecule has 0 radical (unpaired) electrons. The summed E-state index contributed by atoms with van der Waals surface area (Å²) in [7, 11) is 2.15. The van der Waals surface area contributed by atoms with E-state index in [0.717, 1.165) is 67.7 Å². The Bertz CT molecular complexity index is 1120. The molecule has 0 amide bonds. The molecule has 4 heterocycles. The second-order valence-corrected chi connectivity index (χ2v) is 9.73. The molecule has 184 valence electrons. The molecule has 1 saturated carbocycles. The molecule has 3 aromatic rings. The highest BCUT2D eigenvalue weighted by Gasteiger charge is 2.38. The van der Waals surface area contributed by atoms with Gasteiger partial charge in [-0.05, 0) is 71.5 Å². The van der Waals surface area contributed by atoms with Gasteiger partial charge >= 0.3 is 6.18 Å². The van der Waals surface area contributed by atoms with E-state index in [4.69, 9.17) is 5.10 Å². The van der Waals surface area contributed by atoms with Crippen LogP contribution in [0.15, 0.2) is 18.5 Å². The highest BCUT2D eigenvalue weighted by atomic mass is 19.4. The Morgan fingerprint density at radius 2 is 1.79 bits per heavy atom. The van der Waals surface area contributed by atoms with Crippen LogP contribution < -0.4 is 5.32 Å². The zero-order valence-electron chi connectivity index (χ0n) is 19.7. The number of fused-ring (bicyclic) bond motifs is 1. The number of halogens is 3. The summed E-state index contributed by atoms with van der Waals surface area (Å²) in [5.41, 5.74) is 1.78. The molecule has 2 aliphatic rings. The molecule has 1 aliphatic carbocycles. The minimum atomic E-state index is -4.40. The van der Waals surface area contributed by atoms with Crippen LogP contribution in [-0.4, -0.2) is 56.5 Å². The van der Waals surface area contributed by atoms with Crippen LogP contribution in [0.3, 0.4) is 0 Å². The summed E-state index contributed by atoms with van der Waals surface area (Å²) < 4.78 is 42.2. The fraction of sp³-hybridized carbons (Fsp3) is 0.625. The van der Waals surface area contributed by atoms with Gasteiger partial charge in [0.05, 0.1) is 23.4 Å². The molecule has 1 aliphatic heterocycles. The number of pyridine rings is 1. The van der Waals surface area contributed by atoms with Crippen LogP contribution in [0.1, 0.15) is 80.3 Å². The molecule has 7 nitrogen and oxygen atoms in total. The summed E-state index contributed by atoms with van der Waals surface area (Å²) in [6.45, 7) is 4.93. The van der Waals surface area contributed by atoms with E-state index in [1.165, 1.54) is 6.20 Å². The highest BCUT2D eigenvalue weighted by Crippen LogP contribution is 2.43. The number of anilines is 1. The minimum absolute atomic E-state index is 0.138. The van der Waals surface area contributed by atoms with Gasteiger partial charge in [-0.15, -0.1) is 0 Å². The third kappa shape index (κ3) is 4.39. The standard InChI is InChI=1S/C24H32F3N7/c1-3-28-21-12-20-19(13-29-21)22(16-8-10-33(2)11-9-16)32-34(20)17-6-4-15(5-7-17)18-14-30-31-23(18)24(25,26)27/h12-17H,3-11H2,1-2H3,(H,28,29)(H,30,31). The van der Waals surface area contributed by atoms with Gasteiger partial charge in [-0.25, -0.2) is 4.98 Å². The second kappa shape index (κ2) is 9.20. The zero-order chi connectivity index (χ0) is 23.9. The second-order valence-electron chi connectivity index (χ2n) is 9.73. The van der Waals surface area contributed by atoms with E-state index in [0.29, 0.717) is 24.3 Å². The first-order chi connectivity index (χ1) is 16.3. The molecular weight excluding hydrogens is 443 g/mol. The number of nitrogens with zero attached hydrogens (tertiary/aromatic N) is 5. The number of aromatic nitrogens is 5. The topological polar surface area (TPSA) is 74.7 Å². The summed E-state index contributed by atoms with van der Waals surface area (Å²) in [5, 5.41) is 15.4. The predicted molar refractivity (Wildman–Crippen MR) is 125 cm³/mol. The Labute approximate surface area is 197 Å². The lowest BCUT2D eigenvalue weighted by molar-refractivity contribution is -0.142. The molecule has 5 rings (SSSR count). The van der Waals surface area contributed by atoms with Crippen molar-refractivity contribution in [2.24, 2.45) is 0 Å². The molecule has 1 saturated heterocycles. The number of hydrogen-bond acceptors (Lipinski definition) is 5. The van der Waals surface area contributed by atoms with Crippen LogP contribution in [0.2, 0.25) is 0 Å². The monoisotopic (exact) mass is 475 g/mol. The van der Waals surface area contributed by atoms with Gasteiger partial charge in [0.1, 0.15) is 11.5 Å². The smallest absolute Gasteiger partial charge is 0.370 e. The Morgan fingerprint density at radius 1 is 1.06 bits per heavy atom. The number of aromatic amines is 1. The van der Waals surface area contributed by atoms with E-state index in [1.54, 1.807) is 0 Å². The molecule has 0 spiro atoms. The van der Waals surface area contributed by atoms with Crippen molar-refractivity contribution in [3.8, 4) is 0 Å². The van der Waals surface area contributed by atoms with Crippen molar-refractivity contribution in [2.75, 3.05) is 32.0 Å². The molecular formula is C24H32F3N7. The molecule has 10 heteroatoms. The van der Waals surface area contributed by atoms with Gasteiger partial charge in [0, 0.05) is 35.7 Å². The summed E-state index contributed by atoms with van der Waals surface area (Å²) in [5.74, 6) is 1.09. The summed E-state index contributed by atoms with van der Waals surface area (Å²) in [6.07, 6.45) is 3.98. The number of nitrogens with one attached hydrogen (secondary N) is 2. The maximum absolute atomic E-state index is 13.4. The number of rotatable bonds is 5. The van der Waals surface area contributed by atoms with Gasteiger partial charge in [-0.3, -0.25) is 9.78 Å². The average Bonchev–Trinajstić information content (AvgIpc) is 3.45. The minimum Gasteiger partial charge on any atom is -0.370 e. The van der Waals surface area contributed by atoms with Gasteiger partial charge in [0.25, 0.3) is 0 Å². The van der Waals surface area contributed by atoms with Crippen molar-refractivity contribution in [1.82, 2.24) is 29.9 Å². The van der Waals surface area contributed by atoms with Crippen LogP contribution >= 0.6 is 0 Å². The summed E-state index contributed by atoms with van der Waals surface area (Å²) in [6, 6.07) is 2.24. The molecule has 0 atom stereocenters. The predicted octanol–water partition coefficient (Wildman–Crippen LogP) is 5.31. The van der Waals surface area contributed by atoms with E-state index < -0.39 is 11.9 Å². The molecule has 34 heavy (non-hydrogen) atoms. The maximum atomic E-state index is 13.4. The third-order valence-electron chi connectivity index (χ3n) is 7.52. The van der Waals surface area contributed by atoms with Crippen LogP contribution in [-0.2, 0) is 6.18 Å². The van der Waals surface area contributed by atoms with E-state index in [1.807, 2.05) is 13.1 Å². The van der Waals surface area contributed by atoms with Gasteiger partial charge in [-0.1, -0.05) is 0 Å². The fourth-order valence-electron chi connectivity index (χ4n) is 5.66. The van der Waals surface area contributed by atoms with E-state index in [2.05, 4.69) is 43.2 Å². The van der Waals surface area contributed by atoms with Crippen LogP contribution in [0.4, 0.5) is 19.0 Å². The van der Waals surface area contributed by atoms with Crippen molar-refractivity contribution in [3.05, 3.63) is 35.4 Å². The number of piperidine rings is 1. The normalized spacial score (nSPS) is 23.0. The van der Waals surface area contributed by atoms with Gasteiger partial charge in [0.15, 0.2) is 0 Å². The Hall–Kier alpha value is -2.62. The molecule has 2 fully saturated rings. The van der Waals surface area contributed by atoms with Crippen LogP contribution in [0, 0.1) is 0 Å². The molecule has 0 bridgehead atoms. The molecule has 3 aromatic heterocycles. The summed E-state index contributed by atoms with van der Waals surface area (Å²) in [4.78, 5) is 6.96. The first-order valence-corrected chi connectivity index (χ1v) is 12.3. The van der Waals surface area contributed by atoms with Crippen molar-refractivity contribution in [3.63, 3.8) is 0 Å². The third-order valence-corrected chi connectivity index (χ3v) is 7.52. The van der Waals surface area contributed by atoms with Crippen molar-refractivity contribution < 1.29 is 13.2 Å². The molecule has 2 N–H and O–H groups in total. The Kier molecular flexibility index (Phi) is 6.26. The summed E-state index contributed by atoms with van der Waals surface area (Å²) >= 11 is 0. The lowest BCUT2D eigenvalue weighted by atomic mass is 9.81. The Balaban J connectivity index is 1.42. The van der Waals surface area contributed by atoms with Crippen molar-refractivity contribution in [2.45, 2.75) is 69.5 Å². The van der Waals surface area contributed by atoms with Gasteiger partial charge in [0.2, 0.25) is 0 Å². The lowest BCUT2D eigenvalue weighted by Crippen LogP contribution is -2.29. The van der Waals surface area contributed by atoms with Crippen molar-refractivity contribution >= 4 is 16.7 Å². The number of alkyl halides is 3. The zero-order valence-corrected chi connectivity index (χ0v) is 19.7. The molecule has 0 aromatic carbocycles. The maximum Gasteiger partial charge on any atom is 0.433 e. The van der Waals surface area contributed by atoms with Gasteiger partial charge < -0.3 is 10.2 Å². The first kappa shape index (κ1) is 23.1. The number of hydrogen-bond donors (Lipinski definition) is 2. The fourth-order valence-corrected chi connectivity index (χ4v) is 5.66. The molecule has 0 unspecified atom stereocenters. The van der Waals surface area contributed by atoms with Crippen molar-refractivity contribution in [1.29, 1.82) is 0 Å². The van der Waals surface area contributed by atoms with Crippen LogP contribution in [0.25, 0.3) is 10.9 Å². The average molecular weight is 476 g/mol. The van der Waals surface area contributed by atoms with E-state index in [-0.39, 0.29) is 12.0 Å². The number of H-pyrrole nitrogens is 1. The van der Waals surface area contributed by atoms with E-state index in [9.17, 15) is 13.2 Å². The SMILES string of the molecule is CCNc1cc2c(cn1)c(C1CCN(C)CC1)nn2C1CCC(c2cn[nH]c2C(F)(F)F)CC1. The quantitative estimate of drug-likeness (QED) is 0.523. The largest absolute Gasteiger partial charge is 0.433 e. The Morgan fingerprint density at radius 3 is 2.47 bits per heavy atom. The van der Waals surface area contributed by atoms with Crippen LogP contribution in [0.5, 0.6) is 0 Å². The van der Waals surface area contributed by atoms with E-state index >= 15 is 0 Å². The highest BCUT2D eigenvalue weighted by molar-refractivity contribution is 5.84. The van der Waals surface area contributed by atoms with Gasteiger partial charge in [-0.2, -0.15) is 23.4 Å².